The van der Waals surface area contributed by atoms with Gasteiger partial charge >= 0.3 is 5.97 Å². The minimum Gasteiger partial charge on any atom is -0.502 e. The number of anilines is 1. The van der Waals surface area contributed by atoms with E-state index in [0.29, 0.717) is 6.07 Å². The van der Waals surface area contributed by atoms with Gasteiger partial charge in [0.25, 0.3) is 5.88 Å². The third-order valence-corrected chi connectivity index (χ3v) is 4.15. The summed E-state index contributed by atoms with van der Waals surface area (Å²) in [6.07, 6.45) is 0. The average Bonchev–Trinajstić information content (AvgIpc) is 2.75. The Labute approximate surface area is 135 Å². The fourth-order valence-corrected chi connectivity index (χ4v) is 2.34. The van der Waals surface area contributed by atoms with Crippen LogP contribution in [0.2, 0.25) is 0 Å². The maximum Gasteiger partial charge on any atom is 0.308 e. The Morgan fingerprint density at radius 3 is 2.58 bits per heavy atom. The van der Waals surface area contributed by atoms with Gasteiger partial charge in [0.15, 0.2) is 5.76 Å². The van der Waals surface area contributed by atoms with Crippen LogP contribution in [-0.2, 0) is 14.8 Å². The van der Waals surface area contributed by atoms with Gasteiger partial charge in [-0.05, 0) is 19.1 Å². The van der Waals surface area contributed by atoms with E-state index in [1.807, 2.05) is 4.72 Å². The predicted octanol–water partition coefficient (Wildman–Crippen LogP) is 2.62. The molecule has 2 N–H and O–H groups in total. The Kier molecular flexibility index (Phi) is 4.78. The minimum absolute atomic E-state index is 0.325. The molecule has 7 nitrogen and oxygen atoms in total. The maximum atomic E-state index is 13.9. The number of esters is 1. The molecule has 0 bridgehead atoms. The second-order valence-corrected chi connectivity index (χ2v) is 6.67. The highest BCUT2D eigenvalue weighted by atomic mass is 32.2. The number of rotatable bonds is 5. The smallest absolute Gasteiger partial charge is 0.308 e. The van der Waals surface area contributed by atoms with Gasteiger partial charge in [-0.15, -0.1) is 0 Å². The molecule has 0 amide bonds. The number of furan rings is 1. The molecule has 0 unspecified atom stereocenters. The summed E-state index contributed by atoms with van der Waals surface area (Å²) in [6.45, 7) is 2.36. The van der Waals surface area contributed by atoms with E-state index < -0.39 is 50.8 Å². The SMILES string of the molecule is CCS(=O)(=O)Nc1oc(-c2ccc(F)cc2F)c(O)c1OC(C)=O. The topological polar surface area (TPSA) is 106 Å². The first-order valence-corrected chi connectivity index (χ1v) is 8.30. The predicted molar refractivity (Wildman–Crippen MR) is 80.1 cm³/mol. The van der Waals surface area contributed by atoms with Crippen LogP contribution in [0.15, 0.2) is 22.6 Å². The van der Waals surface area contributed by atoms with Crippen molar-refractivity contribution in [2.75, 3.05) is 10.5 Å². The lowest BCUT2D eigenvalue weighted by molar-refractivity contribution is -0.131. The van der Waals surface area contributed by atoms with E-state index in [1.165, 1.54) is 6.92 Å². The number of carbonyl (C=O) groups excluding carboxylic acids is 1. The summed E-state index contributed by atoms with van der Waals surface area (Å²) in [4.78, 5) is 11.1. The van der Waals surface area contributed by atoms with Crippen LogP contribution in [0.25, 0.3) is 11.3 Å². The van der Waals surface area contributed by atoms with E-state index in [1.54, 1.807) is 0 Å². The number of halogens is 2. The molecular formula is C14H13F2NO6S. The van der Waals surface area contributed by atoms with Crippen LogP contribution < -0.4 is 9.46 Å². The molecule has 0 spiro atoms. The van der Waals surface area contributed by atoms with Gasteiger partial charge in [0.2, 0.25) is 21.5 Å². The summed E-state index contributed by atoms with van der Waals surface area (Å²) in [7, 11) is -3.83. The van der Waals surface area contributed by atoms with Gasteiger partial charge in [0.1, 0.15) is 11.6 Å². The van der Waals surface area contributed by atoms with Crippen molar-refractivity contribution in [3.8, 4) is 22.8 Å². The first-order chi connectivity index (χ1) is 11.1. The van der Waals surface area contributed by atoms with Crippen molar-refractivity contribution in [3.63, 3.8) is 0 Å². The van der Waals surface area contributed by atoms with Crippen LogP contribution in [0.3, 0.4) is 0 Å². The molecule has 1 heterocycles. The minimum atomic E-state index is -3.83. The van der Waals surface area contributed by atoms with Crippen LogP contribution in [0, 0.1) is 11.6 Å². The zero-order valence-corrected chi connectivity index (χ0v) is 13.4. The van der Waals surface area contributed by atoms with Crippen molar-refractivity contribution in [1.29, 1.82) is 0 Å². The molecule has 0 saturated heterocycles. The van der Waals surface area contributed by atoms with Crippen LogP contribution in [0.4, 0.5) is 14.7 Å². The monoisotopic (exact) mass is 361 g/mol. The van der Waals surface area contributed by atoms with Crippen LogP contribution >= 0.6 is 0 Å². The first kappa shape index (κ1) is 17.7. The molecule has 2 aromatic rings. The van der Waals surface area contributed by atoms with Crippen molar-refractivity contribution < 1.29 is 36.3 Å². The molecular weight excluding hydrogens is 348 g/mol. The van der Waals surface area contributed by atoms with Crippen LogP contribution in [0.5, 0.6) is 11.5 Å². The number of ether oxygens (including phenoxy) is 1. The number of nitrogens with one attached hydrogen (secondary N) is 1. The summed E-state index contributed by atoms with van der Waals surface area (Å²) in [5, 5.41) is 10.1. The normalized spacial score (nSPS) is 11.3. The molecule has 0 radical (unpaired) electrons. The molecule has 130 valence electrons. The summed E-state index contributed by atoms with van der Waals surface area (Å²) >= 11 is 0. The Balaban J connectivity index is 2.61. The lowest BCUT2D eigenvalue weighted by Gasteiger charge is -2.04. The highest BCUT2D eigenvalue weighted by Crippen LogP contribution is 2.47. The summed E-state index contributed by atoms with van der Waals surface area (Å²) in [5.41, 5.74) is -0.343. The van der Waals surface area contributed by atoms with Gasteiger partial charge in [-0.2, -0.15) is 0 Å². The van der Waals surface area contributed by atoms with E-state index in [9.17, 15) is 27.1 Å². The summed E-state index contributed by atoms with van der Waals surface area (Å²) in [6, 6.07) is 2.46. The van der Waals surface area contributed by atoms with Gasteiger partial charge in [-0.1, -0.05) is 0 Å². The number of aromatic hydroxyl groups is 1. The Hall–Kier alpha value is -2.62. The maximum absolute atomic E-state index is 13.9. The fraction of sp³-hybridized carbons (Fsp3) is 0.214. The molecule has 1 aromatic heterocycles. The number of benzene rings is 1. The van der Waals surface area contributed by atoms with Crippen LogP contribution in [0.1, 0.15) is 13.8 Å². The molecule has 0 fully saturated rings. The highest BCUT2D eigenvalue weighted by Gasteiger charge is 2.28. The molecule has 0 aliphatic rings. The molecule has 24 heavy (non-hydrogen) atoms. The van der Waals surface area contributed by atoms with Gasteiger partial charge in [-0.3, -0.25) is 4.79 Å². The lowest BCUT2D eigenvalue weighted by Crippen LogP contribution is -2.15. The fourth-order valence-electron chi connectivity index (χ4n) is 1.78. The number of sulfonamides is 1. The second kappa shape index (κ2) is 6.48. The molecule has 0 aliphatic carbocycles. The zero-order chi connectivity index (χ0) is 18.1. The van der Waals surface area contributed by atoms with Crippen molar-refractivity contribution in [3.05, 3.63) is 29.8 Å². The van der Waals surface area contributed by atoms with Crippen molar-refractivity contribution >= 4 is 21.9 Å². The molecule has 2 rings (SSSR count). The third kappa shape index (κ3) is 3.65. The van der Waals surface area contributed by atoms with Gasteiger partial charge in [0.05, 0.1) is 11.3 Å². The van der Waals surface area contributed by atoms with Gasteiger partial charge in [-0.25, -0.2) is 21.9 Å². The standard InChI is InChI=1S/C14H13F2NO6S/c1-3-24(20,21)17-14-13(22-7(2)18)11(19)12(23-14)9-5-4-8(15)6-10(9)16/h4-6,17,19H,3H2,1-2H3. The van der Waals surface area contributed by atoms with E-state index in [-0.39, 0.29) is 11.3 Å². The Morgan fingerprint density at radius 2 is 2.04 bits per heavy atom. The van der Waals surface area contributed by atoms with E-state index in [4.69, 9.17) is 9.15 Å². The number of hydrogen-bond acceptors (Lipinski definition) is 6. The van der Waals surface area contributed by atoms with Crippen molar-refractivity contribution in [2.24, 2.45) is 0 Å². The largest absolute Gasteiger partial charge is 0.502 e. The zero-order valence-electron chi connectivity index (χ0n) is 12.6. The molecule has 0 saturated carbocycles. The van der Waals surface area contributed by atoms with Crippen molar-refractivity contribution in [1.82, 2.24) is 0 Å². The summed E-state index contributed by atoms with van der Waals surface area (Å²) in [5.74, 6) is -5.63. The lowest BCUT2D eigenvalue weighted by atomic mass is 10.1. The van der Waals surface area contributed by atoms with Crippen molar-refractivity contribution in [2.45, 2.75) is 13.8 Å². The van der Waals surface area contributed by atoms with Gasteiger partial charge < -0.3 is 14.3 Å². The molecule has 0 aliphatic heterocycles. The van der Waals surface area contributed by atoms with Crippen LogP contribution in [-0.4, -0.2) is 25.2 Å². The summed E-state index contributed by atoms with van der Waals surface area (Å²) < 4.78 is 62.0. The van der Waals surface area contributed by atoms with Gasteiger partial charge in [0, 0.05) is 13.0 Å². The first-order valence-electron chi connectivity index (χ1n) is 6.64. The average molecular weight is 361 g/mol. The molecule has 10 heteroatoms. The third-order valence-electron chi connectivity index (χ3n) is 2.89. The Bertz CT molecular complexity index is 891. The number of carbonyl (C=O) groups is 1. The van der Waals surface area contributed by atoms with E-state index in [2.05, 4.69) is 0 Å². The Morgan fingerprint density at radius 1 is 1.38 bits per heavy atom. The van der Waals surface area contributed by atoms with E-state index in [0.717, 1.165) is 19.1 Å². The van der Waals surface area contributed by atoms with E-state index >= 15 is 0 Å². The highest BCUT2D eigenvalue weighted by molar-refractivity contribution is 7.92. The molecule has 0 atom stereocenters. The quantitative estimate of drug-likeness (QED) is 0.793. The molecule has 1 aromatic carbocycles. The number of hydrogen-bond donors (Lipinski definition) is 2. The second-order valence-electron chi connectivity index (χ2n) is 4.66.